The Morgan fingerprint density at radius 2 is 1.47 bits per heavy atom. The zero-order chi connectivity index (χ0) is 42.8. The molecule has 2 aromatic carbocycles. The van der Waals surface area contributed by atoms with Crippen LogP contribution in [0, 0.1) is 0 Å². The van der Waals surface area contributed by atoms with Crippen molar-refractivity contribution in [2.45, 2.75) is 145 Å². The summed E-state index contributed by atoms with van der Waals surface area (Å²) in [6, 6.07) is 3.49. The van der Waals surface area contributed by atoms with Crippen LogP contribution in [-0.2, 0) is 42.7 Å². The Bertz CT molecular complexity index is 1990. The number of phenolic OH excluding ortho intramolecular Hbond substituents is 3. The maximum atomic E-state index is 14.0. The maximum Gasteiger partial charge on any atom is 0.316 e. The molecule has 0 spiro atoms. The minimum Gasteiger partial charge on any atom is -0.507 e. The normalized spacial score (nSPS) is 35.9. The molecule has 5 N–H and O–H groups in total. The van der Waals surface area contributed by atoms with Crippen LogP contribution >= 0.6 is 0 Å². The second-order valence-corrected chi connectivity index (χ2v) is 16.4. The average molecular weight is 828 g/mol. The number of aromatic hydroxyl groups is 3. The van der Waals surface area contributed by atoms with Gasteiger partial charge >= 0.3 is 5.97 Å². The van der Waals surface area contributed by atoms with Crippen LogP contribution in [0.5, 0.6) is 17.2 Å². The molecule has 3 aliphatic heterocycles. The van der Waals surface area contributed by atoms with E-state index in [0.29, 0.717) is 12.8 Å². The van der Waals surface area contributed by atoms with Gasteiger partial charge in [-0.25, -0.2) is 0 Å². The average Bonchev–Trinajstić information content (AvgIpc) is 3.18. The molecule has 7 rings (SSSR count). The van der Waals surface area contributed by atoms with Crippen molar-refractivity contribution in [1.82, 2.24) is 4.90 Å². The van der Waals surface area contributed by atoms with E-state index < -0.39 is 119 Å². The van der Waals surface area contributed by atoms with E-state index in [2.05, 4.69) is 0 Å². The number of carbonyl (C=O) groups excluding carboxylic acids is 4. The zero-order valence-corrected chi connectivity index (χ0v) is 34.1. The second-order valence-electron chi connectivity index (χ2n) is 16.4. The lowest BCUT2D eigenvalue weighted by Gasteiger charge is -2.48. The Kier molecular flexibility index (Phi) is 12.0. The van der Waals surface area contributed by atoms with Gasteiger partial charge in [0.15, 0.2) is 30.4 Å². The second kappa shape index (κ2) is 16.4. The molecule has 59 heavy (non-hydrogen) atoms. The summed E-state index contributed by atoms with van der Waals surface area (Å²) in [5.41, 5.74) is -4.19. The van der Waals surface area contributed by atoms with Gasteiger partial charge in [-0.1, -0.05) is 19.1 Å². The van der Waals surface area contributed by atoms with Gasteiger partial charge in [-0.15, -0.1) is 0 Å². The molecule has 2 aliphatic carbocycles. The third-order valence-electron chi connectivity index (χ3n) is 12.5. The van der Waals surface area contributed by atoms with Gasteiger partial charge in [0.2, 0.25) is 5.78 Å². The number of ether oxygens (including phenoxy) is 7. The van der Waals surface area contributed by atoms with Crippen LogP contribution in [0.15, 0.2) is 18.2 Å². The van der Waals surface area contributed by atoms with Gasteiger partial charge in [-0.3, -0.25) is 19.2 Å². The molecule has 17 heteroatoms. The topological polar surface area (TPSA) is 237 Å². The monoisotopic (exact) mass is 827 g/mol. The maximum absolute atomic E-state index is 14.0. The van der Waals surface area contributed by atoms with Gasteiger partial charge < -0.3 is 63.6 Å². The van der Waals surface area contributed by atoms with Crippen LogP contribution in [0.1, 0.15) is 121 Å². The van der Waals surface area contributed by atoms with Crippen molar-refractivity contribution in [3.8, 4) is 17.2 Å². The molecule has 322 valence electrons. The van der Waals surface area contributed by atoms with Crippen LogP contribution in [0.25, 0.3) is 0 Å². The highest BCUT2D eigenvalue weighted by Crippen LogP contribution is 2.57. The first-order chi connectivity index (χ1) is 27.9. The van der Waals surface area contributed by atoms with Crippen LogP contribution in [-0.4, -0.2) is 142 Å². The predicted molar refractivity (Wildman–Crippen MR) is 203 cm³/mol. The minimum atomic E-state index is -1.93. The predicted octanol–water partition coefficient (Wildman–Crippen LogP) is 2.86. The Morgan fingerprint density at radius 1 is 0.847 bits per heavy atom. The molecule has 3 saturated heterocycles. The van der Waals surface area contributed by atoms with Crippen molar-refractivity contribution in [2.24, 2.45) is 0 Å². The SMILES string of the molecule is CC[C@@]1(O)C[C@H](OC2CC(N(C)C)C(OC3CC(O)C(OC4CCC(=O)C(C)O4)C(C)O3)C(C)O2)c2c(O)c3c(c(O)c2C1C(=O)OC)C(=O)c1cccc(O)c1C3=O. The van der Waals surface area contributed by atoms with Gasteiger partial charge in [0.1, 0.15) is 41.5 Å². The number of fused-ring (bicyclic) bond motifs is 3. The Labute approximate surface area is 341 Å². The molecule has 13 atom stereocenters. The van der Waals surface area contributed by atoms with E-state index in [0.717, 1.165) is 7.11 Å². The van der Waals surface area contributed by atoms with Gasteiger partial charge in [-0.2, -0.15) is 0 Å². The molecule has 17 nitrogen and oxygen atoms in total. The summed E-state index contributed by atoms with van der Waals surface area (Å²) >= 11 is 0. The fourth-order valence-electron chi connectivity index (χ4n) is 9.36. The van der Waals surface area contributed by atoms with Crippen LogP contribution in [0.4, 0.5) is 0 Å². The third kappa shape index (κ3) is 7.54. The summed E-state index contributed by atoms with van der Waals surface area (Å²) in [4.78, 5) is 55.1. The number of nitrogens with zero attached hydrogens (tertiary/aromatic N) is 1. The van der Waals surface area contributed by atoms with Crippen molar-refractivity contribution in [2.75, 3.05) is 21.2 Å². The number of Topliss-reactive ketones (excluding diaryl/α,β-unsaturated/α-hetero) is 1. The lowest BCUT2D eigenvalue weighted by Crippen LogP contribution is -2.58. The quantitative estimate of drug-likeness (QED) is 0.154. The van der Waals surface area contributed by atoms with Crippen molar-refractivity contribution in [3.05, 3.63) is 51.6 Å². The van der Waals surface area contributed by atoms with Gasteiger partial charge in [0.25, 0.3) is 0 Å². The molecule has 2 aromatic rings. The molecular weight excluding hydrogens is 774 g/mol. The van der Waals surface area contributed by atoms with Crippen molar-refractivity contribution in [1.29, 1.82) is 0 Å². The van der Waals surface area contributed by atoms with Gasteiger partial charge in [-0.05, 0) is 47.4 Å². The minimum absolute atomic E-state index is 0.00418. The molecule has 0 radical (unpaired) electrons. The summed E-state index contributed by atoms with van der Waals surface area (Å²) in [5.74, 6) is -6.43. The fraction of sp³-hybridized carbons (Fsp3) is 0.619. The number of hydrogen-bond donors (Lipinski definition) is 5. The highest BCUT2D eigenvalue weighted by atomic mass is 16.7. The Balaban J connectivity index is 1.16. The summed E-state index contributed by atoms with van der Waals surface area (Å²) in [6.45, 7) is 6.82. The van der Waals surface area contributed by atoms with E-state index in [1.165, 1.54) is 18.2 Å². The molecule has 0 amide bonds. The molecule has 3 fully saturated rings. The Morgan fingerprint density at radius 3 is 2.10 bits per heavy atom. The smallest absolute Gasteiger partial charge is 0.316 e. The molecule has 0 aromatic heterocycles. The fourth-order valence-corrected chi connectivity index (χ4v) is 9.36. The summed E-state index contributed by atoms with van der Waals surface area (Å²) in [7, 11) is 4.78. The molecule has 5 aliphatic rings. The lowest BCUT2D eigenvalue weighted by molar-refractivity contribution is -0.324. The number of phenols is 3. The van der Waals surface area contributed by atoms with E-state index in [4.69, 9.17) is 33.2 Å². The largest absolute Gasteiger partial charge is 0.507 e. The standard InChI is InChI=1S/C42H53NO16/c1-8-42(52)16-25(30-31(34(42)41(51)53-7)38(50)32-33(37(30)49)36(48)29-20(35(32)47)10-9-11-23(29)45)57-27-14-21(43(5)6)39(18(3)55-27)59-28-15-24(46)40(19(4)56-28)58-26-13-12-22(44)17(2)54-26/h9-11,17-19,21,24-28,34,39-40,45-46,49-50,52H,8,12-16H2,1-7H3/t17?,18?,19?,21?,24?,25-,26?,27?,28?,34?,39?,40?,42+/m0/s1. The number of hydrogen-bond acceptors (Lipinski definition) is 17. The first kappa shape index (κ1) is 43.1. The van der Waals surface area contributed by atoms with E-state index in [9.17, 15) is 44.7 Å². The molecule has 11 unspecified atom stereocenters. The van der Waals surface area contributed by atoms with E-state index >= 15 is 0 Å². The lowest BCUT2D eigenvalue weighted by atomic mass is 9.66. The number of likely N-dealkylation sites (N-methyl/N-ethyl adjacent to an activating group) is 1. The van der Waals surface area contributed by atoms with E-state index in [-0.39, 0.29) is 59.8 Å². The van der Waals surface area contributed by atoms with Crippen LogP contribution < -0.4 is 0 Å². The third-order valence-corrected chi connectivity index (χ3v) is 12.5. The van der Waals surface area contributed by atoms with Gasteiger partial charge in [0.05, 0.1) is 53.8 Å². The molecule has 0 saturated carbocycles. The highest BCUT2D eigenvalue weighted by Gasteiger charge is 2.55. The number of ketones is 3. The zero-order valence-electron chi connectivity index (χ0n) is 34.1. The molecular formula is C42H53NO16. The first-order valence-corrected chi connectivity index (χ1v) is 20.0. The van der Waals surface area contributed by atoms with E-state index in [1.807, 2.05) is 19.0 Å². The first-order valence-electron chi connectivity index (χ1n) is 20.0. The van der Waals surface area contributed by atoms with Crippen LogP contribution in [0.3, 0.4) is 0 Å². The number of aliphatic hydroxyl groups is 2. The van der Waals surface area contributed by atoms with Crippen molar-refractivity contribution >= 4 is 23.3 Å². The Hall–Kier alpha value is -4.04. The number of esters is 1. The number of methoxy groups -OCH3 is 1. The summed E-state index contributed by atoms with van der Waals surface area (Å²) in [5, 5.41) is 57.8. The highest BCUT2D eigenvalue weighted by molar-refractivity contribution is 6.31. The number of rotatable bonds is 9. The van der Waals surface area contributed by atoms with E-state index in [1.54, 1.807) is 27.7 Å². The summed E-state index contributed by atoms with van der Waals surface area (Å²) < 4.78 is 42.4. The number of carbonyl (C=O) groups is 4. The number of aliphatic hydroxyl groups excluding tert-OH is 1. The van der Waals surface area contributed by atoms with Crippen molar-refractivity contribution in [3.63, 3.8) is 0 Å². The number of benzene rings is 2. The van der Waals surface area contributed by atoms with Gasteiger partial charge in [0, 0.05) is 54.8 Å². The molecule has 3 heterocycles. The molecule has 0 bridgehead atoms. The summed E-state index contributed by atoms with van der Waals surface area (Å²) in [6.07, 6.45) is -7.45. The van der Waals surface area contributed by atoms with Crippen molar-refractivity contribution < 1.29 is 77.9 Å². The van der Waals surface area contributed by atoms with Crippen LogP contribution in [0.2, 0.25) is 0 Å².